The summed E-state index contributed by atoms with van der Waals surface area (Å²) in [6, 6.07) is 13.9. The van der Waals surface area contributed by atoms with Crippen LogP contribution in [0.1, 0.15) is 30.4 Å². The Morgan fingerprint density at radius 1 is 1.00 bits per heavy atom. The molecule has 3 aromatic rings. The molecule has 0 radical (unpaired) electrons. The Kier molecular flexibility index (Phi) is 3.21. The van der Waals surface area contributed by atoms with Gasteiger partial charge in [0.2, 0.25) is 0 Å². The maximum Gasteiger partial charge on any atom is 0.266 e. The second kappa shape index (κ2) is 5.28. The second-order valence-corrected chi connectivity index (χ2v) is 6.49. The highest BCUT2D eigenvalue weighted by molar-refractivity contribution is 7.20. The average molecular weight is 336 g/mol. The number of nitrogens with zero attached hydrogens (tertiary/aromatic N) is 1. The molecule has 0 saturated carbocycles. The van der Waals surface area contributed by atoms with Crippen LogP contribution in [0.2, 0.25) is 0 Å². The molecule has 2 aromatic carbocycles. The van der Waals surface area contributed by atoms with Crippen LogP contribution in [0, 0.1) is 0 Å². The largest absolute Gasteiger partial charge is 0.354 e. The third-order valence-corrected chi connectivity index (χ3v) is 5.12. The molecule has 0 atom stereocenters. The third-order valence-electron chi connectivity index (χ3n) is 4.00. The van der Waals surface area contributed by atoms with E-state index in [1.807, 2.05) is 6.07 Å². The molecular weight excluding hydrogens is 324 g/mol. The Balaban J connectivity index is 1.79. The van der Waals surface area contributed by atoms with Crippen LogP contribution in [0.3, 0.4) is 0 Å². The topological polar surface area (TPSA) is 66.5 Å². The van der Waals surface area contributed by atoms with E-state index in [-0.39, 0.29) is 17.7 Å². The van der Waals surface area contributed by atoms with Gasteiger partial charge in [0.1, 0.15) is 0 Å². The van der Waals surface area contributed by atoms with Crippen LogP contribution in [-0.4, -0.2) is 24.8 Å². The van der Waals surface area contributed by atoms with Crippen LogP contribution in [0.5, 0.6) is 0 Å². The number of imide groups is 1. The number of nitrogens with one attached hydrogen (secondary N) is 1. The molecule has 1 aromatic heterocycles. The smallest absolute Gasteiger partial charge is 0.266 e. The SMILES string of the molecule is CNC(=O)c1cc2cc(N3C(=O)c4ccccc4C3=O)ccc2s1. The Hall–Kier alpha value is -2.99. The van der Waals surface area contributed by atoms with Crippen molar-refractivity contribution in [2.45, 2.75) is 0 Å². The molecule has 3 amide bonds. The number of anilines is 1. The summed E-state index contributed by atoms with van der Waals surface area (Å²) in [5.74, 6) is -0.799. The van der Waals surface area contributed by atoms with Gasteiger partial charge in [-0.1, -0.05) is 12.1 Å². The van der Waals surface area contributed by atoms with Gasteiger partial charge in [-0.2, -0.15) is 0 Å². The lowest BCUT2D eigenvalue weighted by atomic mass is 10.1. The highest BCUT2D eigenvalue weighted by Crippen LogP contribution is 2.33. The molecule has 1 N–H and O–H groups in total. The van der Waals surface area contributed by atoms with Gasteiger partial charge < -0.3 is 5.32 Å². The Morgan fingerprint density at radius 3 is 2.29 bits per heavy atom. The molecule has 0 aliphatic carbocycles. The lowest BCUT2D eigenvalue weighted by Gasteiger charge is -2.13. The molecule has 0 bridgehead atoms. The predicted molar refractivity (Wildman–Crippen MR) is 92.8 cm³/mol. The van der Waals surface area contributed by atoms with Crippen molar-refractivity contribution >= 4 is 44.8 Å². The molecular formula is C18H12N2O3S. The highest BCUT2D eigenvalue weighted by Gasteiger charge is 2.36. The monoisotopic (exact) mass is 336 g/mol. The van der Waals surface area contributed by atoms with Crippen LogP contribution in [0.15, 0.2) is 48.5 Å². The van der Waals surface area contributed by atoms with Crippen LogP contribution >= 0.6 is 11.3 Å². The molecule has 0 unspecified atom stereocenters. The van der Waals surface area contributed by atoms with Gasteiger partial charge in [0, 0.05) is 11.7 Å². The number of carbonyl (C=O) groups excluding carboxylic acids is 3. The van der Waals surface area contributed by atoms with E-state index in [9.17, 15) is 14.4 Å². The van der Waals surface area contributed by atoms with Crippen molar-refractivity contribution in [2.75, 3.05) is 11.9 Å². The van der Waals surface area contributed by atoms with Gasteiger partial charge in [-0.3, -0.25) is 14.4 Å². The Labute approximate surface area is 141 Å². The number of fused-ring (bicyclic) bond motifs is 2. The van der Waals surface area contributed by atoms with Gasteiger partial charge in [-0.05, 0) is 41.8 Å². The quantitative estimate of drug-likeness (QED) is 0.732. The molecule has 5 nitrogen and oxygen atoms in total. The minimum absolute atomic E-state index is 0.154. The summed E-state index contributed by atoms with van der Waals surface area (Å²) >= 11 is 1.37. The molecule has 24 heavy (non-hydrogen) atoms. The molecule has 1 aliphatic rings. The van der Waals surface area contributed by atoms with Gasteiger partial charge in [0.05, 0.1) is 21.7 Å². The van der Waals surface area contributed by atoms with Gasteiger partial charge in [-0.15, -0.1) is 11.3 Å². The van der Waals surface area contributed by atoms with E-state index in [0.29, 0.717) is 21.7 Å². The van der Waals surface area contributed by atoms with E-state index in [4.69, 9.17) is 0 Å². The van der Waals surface area contributed by atoms with E-state index in [0.717, 1.165) is 10.1 Å². The normalized spacial score (nSPS) is 13.5. The zero-order chi connectivity index (χ0) is 16.8. The highest BCUT2D eigenvalue weighted by atomic mass is 32.1. The van der Waals surface area contributed by atoms with E-state index < -0.39 is 0 Å². The molecule has 0 spiro atoms. The van der Waals surface area contributed by atoms with Crippen molar-refractivity contribution in [2.24, 2.45) is 0 Å². The summed E-state index contributed by atoms with van der Waals surface area (Å²) in [7, 11) is 1.58. The van der Waals surface area contributed by atoms with E-state index in [1.165, 1.54) is 16.2 Å². The number of thiophene rings is 1. The lowest BCUT2D eigenvalue weighted by Crippen LogP contribution is -2.29. The fourth-order valence-electron chi connectivity index (χ4n) is 2.83. The molecule has 2 heterocycles. The zero-order valence-corrected chi connectivity index (χ0v) is 13.5. The fraction of sp³-hybridized carbons (Fsp3) is 0.0556. The first-order chi connectivity index (χ1) is 11.6. The number of carbonyl (C=O) groups is 3. The zero-order valence-electron chi connectivity index (χ0n) is 12.7. The number of rotatable bonds is 2. The maximum atomic E-state index is 12.5. The van der Waals surface area contributed by atoms with E-state index >= 15 is 0 Å². The van der Waals surface area contributed by atoms with Crippen molar-refractivity contribution in [3.05, 3.63) is 64.5 Å². The predicted octanol–water partition coefficient (Wildman–Crippen LogP) is 3.06. The maximum absolute atomic E-state index is 12.5. The van der Waals surface area contributed by atoms with Crippen LogP contribution in [-0.2, 0) is 0 Å². The molecule has 118 valence electrons. The average Bonchev–Trinajstić information content (AvgIpc) is 3.14. The number of hydrogen-bond donors (Lipinski definition) is 1. The fourth-order valence-corrected chi connectivity index (χ4v) is 3.82. The Bertz CT molecular complexity index is 987. The van der Waals surface area contributed by atoms with Crippen molar-refractivity contribution in [1.29, 1.82) is 0 Å². The summed E-state index contributed by atoms with van der Waals surface area (Å²) < 4.78 is 0.925. The summed E-state index contributed by atoms with van der Waals surface area (Å²) in [6.45, 7) is 0. The molecule has 1 aliphatic heterocycles. The van der Waals surface area contributed by atoms with Crippen molar-refractivity contribution in [3.8, 4) is 0 Å². The van der Waals surface area contributed by atoms with Crippen LogP contribution in [0.4, 0.5) is 5.69 Å². The number of hydrogen-bond acceptors (Lipinski definition) is 4. The van der Waals surface area contributed by atoms with E-state index in [1.54, 1.807) is 49.5 Å². The van der Waals surface area contributed by atoms with Crippen molar-refractivity contribution in [3.63, 3.8) is 0 Å². The van der Waals surface area contributed by atoms with Crippen LogP contribution in [0.25, 0.3) is 10.1 Å². The summed E-state index contributed by atoms with van der Waals surface area (Å²) in [5.41, 5.74) is 1.34. The summed E-state index contributed by atoms with van der Waals surface area (Å²) in [4.78, 5) is 38.6. The van der Waals surface area contributed by atoms with Crippen LogP contribution < -0.4 is 10.2 Å². The van der Waals surface area contributed by atoms with Gasteiger partial charge >= 0.3 is 0 Å². The third kappa shape index (κ3) is 2.04. The van der Waals surface area contributed by atoms with E-state index in [2.05, 4.69) is 5.32 Å². The minimum Gasteiger partial charge on any atom is -0.354 e. The van der Waals surface area contributed by atoms with Gasteiger partial charge in [0.15, 0.2) is 0 Å². The van der Waals surface area contributed by atoms with Gasteiger partial charge in [-0.25, -0.2) is 4.90 Å². The first kappa shape index (κ1) is 14.6. The standard InChI is InChI=1S/C18H12N2O3S/c1-19-16(21)15-9-10-8-11(6-7-14(10)24-15)20-17(22)12-4-2-3-5-13(12)18(20)23/h2-9H,1H3,(H,19,21). The van der Waals surface area contributed by atoms with Gasteiger partial charge in [0.25, 0.3) is 17.7 Å². The summed E-state index contributed by atoms with van der Waals surface area (Å²) in [6.07, 6.45) is 0. The lowest BCUT2D eigenvalue weighted by molar-refractivity contribution is 0.0923. The number of amides is 3. The Morgan fingerprint density at radius 2 is 1.67 bits per heavy atom. The second-order valence-electron chi connectivity index (χ2n) is 5.40. The molecule has 6 heteroatoms. The molecule has 4 rings (SSSR count). The van der Waals surface area contributed by atoms with Crippen molar-refractivity contribution < 1.29 is 14.4 Å². The molecule has 0 saturated heterocycles. The molecule has 0 fully saturated rings. The minimum atomic E-state index is -0.322. The number of benzene rings is 2. The summed E-state index contributed by atoms with van der Waals surface area (Å²) in [5, 5.41) is 3.42. The first-order valence-electron chi connectivity index (χ1n) is 7.33. The first-order valence-corrected chi connectivity index (χ1v) is 8.15. The van der Waals surface area contributed by atoms with Crippen molar-refractivity contribution in [1.82, 2.24) is 5.32 Å².